The first-order valence-electron chi connectivity index (χ1n) is 8.33. The Bertz CT molecular complexity index is 1040. The highest BCUT2D eigenvalue weighted by atomic mass is 35.5. The number of hydrogen-bond donors (Lipinski definition) is 1. The number of morpholine rings is 1. The number of rotatable bonds is 4. The Labute approximate surface area is 168 Å². The van der Waals surface area contributed by atoms with Crippen LogP contribution >= 0.6 is 34.5 Å². The quantitative estimate of drug-likeness (QED) is 0.689. The molecule has 27 heavy (non-hydrogen) atoms. The molecule has 1 fully saturated rings. The molecule has 0 aliphatic carbocycles. The molecule has 4 rings (SSSR count). The molecule has 10 heteroatoms. The minimum absolute atomic E-state index is 0.0526. The number of nitrogens with zero attached hydrogens (tertiary/aromatic N) is 4. The molecule has 1 saturated heterocycles. The van der Waals surface area contributed by atoms with Crippen molar-refractivity contribution < 1.29 is 9.84 Å². The lowest BCUT2D eigenvalue weighted by Crippen LogP contribution is -2.44. The Kier molecular flexibility index (Phi) is 5.34. The number of ether oxygens (including phenoxy) is 1. The van der Waals surface area contributed by atoms with Crippen LogP contribution in [0.4, 0.5) is 5.13 Å². The van der Waals surface area contributed by atoms with E-state index in [4.69, 9.17) is 27.9 Å². The highest BCUT2D eigenvalue weighted by molar-refractivity contribution is 7.22. The smallest absolute Gasteiger partial charge is 0.292 e. The Morgan fingerprint density at radius 3 is 3.04 bits per heavy atom. The van der Waals surface area contributed by atoms with Gasteiger partial charge < -0.3 is 19.3 Å². The fourth-order valence-electron chi connectivity index (χ4n) is 2.98. The molecule has 3 heterocycles. The van der Waals surface area contributed by atoms with Gasteiger partial charge in [0.2, 0.25) is 0 Å². The second-order valence-electron chi connectivity index (χ2n) is 6.16. The predicted octanol–water partition coefficient (Wildman–Crippen LogP) is 2.41. The summed E-state index contributed by atoms with van der Waals surface area (Å²) in [6, 6.07) is 5.43. The highest BCUT2D eigenvalue weighted by Gasteiger charge is 2.23. The molecule has 0 amide bonds. The van der Waals surface area contributed by atoms with Crippen molar-refractivity contribution in [2.75, 3.05) is 31.2 Å². The molecule has 1 unspecified atom stereocenters. The van der Waals surface area contributed by atoms with Crippen molar-refractivity contribution in [3.05, 3.63) is 50.5 Å². The van der Waals surface area contributed by atoms with Crippen molar-refractivity contribution in [3.8, 4) is 0 Å². The van der Waals surface area contributed by atoms with Crippen molar-refractivity contribution in [1.82, 2.24) is 14.5 Å². The van der Waals surface area contributed by atoms with Gasteiger partial charge in [0, 0.05) is 13.1 Å². The molecule has 3 aromatic rings. The minimum atomic E-state index is -0.311. The third kappa shape index (κ3) is 3.68. The van der Waals surface area contributed by atoms with E-state index in [2.05, 4.69) is 9.97 Å². The number of halogens is 2. The average Bonchev–Trinajstić information content (AvgIpc) is 3.14. The van der Waals surface area contributed by atoms with Gasteiger partial charge in [-0.1, -0.05) is 46.7 Å². The van der Waals surface area contributed by atoms with Gasteiger partial charge in [-0.15, -0.1) is 0 Å². The van der Waals surface area contributed by atoms with Gasteiger partial charge in [-0.25, -0.2) is 4.98 Å². The monoisotopic (exact) mass is 426 g/mol. The van der Waals surface area contributed by atoms with Crippen molar-refractivity contribution in [2.24, 2.45) is 0 Å². The number of anilines is 1. The van der Waals surface area contributed by atoms with Crippen LogP contribution in [0.3, 0.4) is 0 Å². The van der Waals surface area contributed by atoms with Crippen molar-refractivity contribution in [1.29, 1.82) is 0 Å². The molecule has 1 aliphatic heterocycles. The fourth-order valence-corrected chi connectivity index (χ4v) is 4.36. The standard InChI is InChI=1S/C17H16Cl2N4O3S/c18-12-3-1-2-10(13(12)19)6-23-9-20-16(25)14-15(23)21-17(27-14)22-4-5-26-11(7-22)8-24/h1-3,9,11,24H,4-8H2. The summed E-state index contributed by atoms with van der Waals surface area (Å²) in [5.74, 6) is 0. The lowest BCUT2D eigenvalue weighted by molar-refractivity contribution is 0.00356. The van der Waals surface area contributed by atoms with E-state index >= 15 is 0 Å². The van der Waals surface area contributed by atoms with Crippen LogP contribution in [0.15, 0.2) is 29.3 Å². The zero-order valence-corrected chi connectivity index (χ0v) is 16.5. The van der Waals surface area contributed by atoms with Gasteiger partial charge in [-0.3, -0.25) is 4.79 Å². The first-order valence-corrected chi connectivity index (χ1v) is 9.90. The Morgan fingerprint density at radius 1 is 1.37 bits per heavy atom. The number of hydrogen-bond acceptors (Lipinski definition) is 7. The summed E-state index contributed by atoms with van der Waals surface area (Å²) in [4.78, 5) is 22.9. The lowest BCUT2D eigenvalue weighted by atomic mass is 10.2. The molecule has 7 nitrogen and oxygen atoms in total. The molecule has 142 valence electrons. The average molecular weight is 427 g/mol. The maximum atomic E-state index is 12.2. The summed E-state index contributed by atoms with van der Waals surface area (Å²) < 4.78 is 7.76. The van der Waals surface area contributed by atoms with E-state index in [0.717, 1.165) is 5.56 Å². The van der Waals surface area contributed by atoms with E-state index in [1.807, 2.05) is 17.0 Å². The summed E-state index contributed by atoms with van der Waals surface area (Å²) in [6.07, 6.45) is 1.22. The molecule has 1 N–H and O–H groups in total. The van der Waals surface area contributed by atoms with Crippen LogP contribution in [0, 0.1) is 0 Å². The molecule has 0 saturated carbocycles. The Balaban J connectivity index is 1.72. The third-order valence-corrected chi connectivity index (χ3v) is 6.32. The van der Waals surface area contributed by atoms with E-state index in [0.29, 0.717) is 51.8 Å². The van der Waals surface area contributed by atoms with E-state index in [1.54, 1.807) is 10.6 Å². The number of aliphatic hydroxyl groups excluding tert-OH is 1. The first-order chi connectivity index (χ1) is 13.1. The number of fused-ring (bicyclic) bond motifs is 1. The van der Waals surface area contributed by atoms with Crippen molar-refractivity contribution in [2.45, 2.75) is 12.6 Å². The molecule has 2 aromatic heterocycles. The molecular formula is C17H16Cl2N4O3S. The molecule has 0 spiro atoms. The Hall–Kier alpha value is -1.71. The van der Waals surface area contributed by atoms with Crippen LogP contribution < -0.4 is 10.5 Å². The van der Waals surface area contributed by atoms with Crippen LogP contribution in [0.25, 0.3) is 10.3 Å². The molecule has 0 bridgehead atoms. The predicted molar refractivity (Wildman–Crippen MR) is 106 cm³/mol. The summed E-state index contributed by atoms with van der Waals surface area (Å²) >= 11 is 13.7. The second kappa shape index (κ2) is 7.73. The van der Waals surface area contributed by atoms with Crippen LogP contribution in [-0.4, -0.2) is 52.0 Å². The maximum Gasteiger partial charge on any atom is 0.292 e. The van der Waals surface area contributed by atoms with E-state index in [-0.39, 0.29) is 18.3 Å². The molecule has 0 radical (unpaired) electrons. The van der Waals surface area contributed by atoms with Gasteiger partial charge in [0.05, 0.1) is 35.9 Å². The van der Waals surface area contributed by atoms with Crippen LogP contribution in [0.1, 0.15) is 5.56 Å². The molecule has 1 aromatic carbocycles. The van der Waals surface area contributed by atoms with Gasteiger partial charge in [0.15, 0.2) is 10.8 Å². The normalized spacial score (nSPS) is 17.6. The van der Waals surface area contributed by atoms with Gasteiger partial charge >= 0.3 is 0 Å². The topological polar surface area (TPSA) is 80.5 Å². The van der Waals surface area contributed by atoms with Crippen LogP contribution in [0.2, 0.25) is 10.0 Å². The zero-order chi connectivity index (χ0) is 19.0. The first kappa shape index (κ1) is 18.6. The van der Waals surface area contributed by atoms with Crippen LogP contribution in [0.5, 0.6) is 0 Å². The van der Waals surface area contributed by atoms with E-state index in [1.165, 1.54) is 17.7 Å². The largest absolute Gasteiger partial charge is 0.394 e. The van der Waals surface area contributed by atoms with Gasteiger partial charge in [0.1, 0.15) is 11.0 Å². The summed E-state index contributed by atoms with van der Waals surface area (Å²) in [5, 5.41) is 11.0. The zero-order valence-electron chi connectivity index (χ0n) is 14.1. The summed E-state index contributed by atoms with van der Waals surface area (Å²) in [5.41, 5.74) is 1.06. The highest BCUT2D eigenvalue weighted by Crippen LogP contribution is 2.30. The maximum absolute atomic E-state index is 12.2. The van der Waals surface area contributed by atoms with Gasteiger partial charge in [-0.2, -0.15) is 4.98 Å². The summed E-state index contributed by atoms with van der Waals surface area (Å²) in [7, 11) is 0. The van der Waals surface area contributed by atoms with E-state index in [9.17, 15) is 9.90 Å². The lowest BCUT2D eigenvalue weighted by Gasteiger charge is -2.31. The van der Waals surface area contributed by atoms with Crippen LogP contribution in [-0.2, 0) is 11.3 Å². The van der Waals surface area contributed by atoms with Crippen molar-refractivity contribution in [3.63, 3.8) is 0 Å². The van der Waals surface area contributed by atoms with Gasteiger partial charge in [-0.05, 0) is 11.6 Å². The fraction of sp³-hybridized carbons (Fsp3) is 0.353. The van der Waals surface area contributed by atoms with Gasteiger partial charge in [0.25, 0.3) is 5.56 Å². The molecular weight excluding hydrogens is 411 g/mol. The number of aromatic nitrogens is 3. The molecule has 1 aliphatic rings. The minimum Gasteiger partial charge on any atom is -0.394 e. The number of aliphatic hydroxyl groups is 1. The van der Waals surface area contributed by atoms with Crippen molar-refractivity contribution >= 4 is 50.0 Å². The Morgan fingerprint density at radius 2 is 2.22 bits per heavy atom. The second-order valence-corrected chi connectivity index (χ2v) is 7.92. The van der Waals surface area contributed by atoms with E-state index < -0.39 is 0 Å². The number of benzene rings is 1. The molecule has 1 atom stereocenters. The summed E-state index contributed by atoms with van der Waals surface area (Å²) in [6.45, 7) is 2.02. The third-order valence-electron chi connectivity index (χ3n) is 4.36. The SMILES string of the molecule is O=c1ncn(Cc2cccc(Cl)c2Cl)c2nc(N3CCOC(CO)C3)sc12. The number of thiazole rings is 1.